The quantitative estimate of drug-likeness (QED) is 0.693. The Morgan fingerprint density at radius 3 is 2.67 bits per heavy atom. The highest BCUT2D eigenvalue weighted by atomic mass is 16.5. The summed E-state index contributed by atoms with van der Waals surface area (Å²) in [5.41, 5.74) is 0.876. The fourth-order valence-corrected chi connectivity index (χ4v) is 1.28. The number of aliphatic hydroxyl groups excluding tert-OH is 2. The molecular formula is C12H16O3. The maximum Gasteiger partial charge on any atom is 0.120 e. The zero-order valence-electron chi connectivity index (χ0n) is 8.60. The van der Waals surface area contributed by atoms with E-state index in [4.69, 9.17) is 14.9 Å². The van der Waals surface area contributed by atoms with Crippen molar-refractivity contribution in [3.05, 3.63) is 42.5 Å². The molecule has 0 spiro atoms. The predicted molar refractivity (Wildman–Crippen MR) is 59.0 cm³/mol. The summed E-state index contributed by atoms with van der Waals surface area (Å²) < 4.78 is 5.35. The van der Waals surface area contributed by atoms with Gasteiger partial charge in [-0.3, -0.25) is 0 Å². The summed E-state index contributed by atoms with van der Waals surface area (Å²) >= 11 is 0. The lowest BCUT2D eigenvalue weighted by atomic mass is 10.0. The standard InChI is InChI=1S/C12H16O3/c1-2-6-15-12-5-3-4-10(7-12)11(8-13)9-14/h2-5,7,11,13-14H,1,6,8-9H2. The van der Waals surface area contributed by atoms with Gasteiger partial charge in [0.05, 0.1) is 13.2 Å². The molecule has 0 aromatic heterocycles. The summed E-state index contributed by atoms with van der Waals surface area (Å²) in [5.74, 6) is 0.483. The SMILES string of the molecule is C=CCOc1cccc(C(CO)CO)c1. The molecule has 3 nitrogen and oxygen atoms in total. The largest absolute Gasteiger partial charge is 0.490 e. The molecule has 1 rings (SSSR count). The molecule has 0 unspecified atom stereocenters. The Kier molecular flexibility index (Phi) is 4.87. The first kappa shape index (κ1) is 11.8. The Balaban J connectivity index is 2.76. The highest BCUT2D eigenvalue weighted by Gasteiger charge is 2.09. The van der Waals surface area contributed by atoms with Crippen molar-refractivity contribution in [2.24, 2.45) is 0 Å². The van der Waals surface area contributed by atoms with Gasteiger partial charge in [-0.05, 0) is 17.7 Å². The van der Waals surface area contributed by atoms with Crippen LogP contribution < -0.4 is 4.74 Å². The van der Waals surface area contributed by atoms with Gasteiger partial charge in [0.2, 0.25) is 0 Å². The summed E-state index contributed by atoms with van der Waals surface area (Å²) in [7, 11) is 0. The first-order valence-corrected chi connectivity index (χ1v) is 4.87. The van der Waals surface area contributed by atoms with Crippen LogP contribution in [0, 0.1) is 0 Å². The zero-order valence-corrected chi connectivity index (χ0v) is 8.60. The van der Waals surface area contributed by atoms with Crippen molar-refractivity contribution >= 4 is 0 Å². The third-order valence-corrected chi connectivity index (χ3v) is 2.14. The molecule has 0 fully saturated rings. The van der Waals surface area contributed by atoms with Gasteiger partial charge in [0.15, 0.2) is 0 Å². The molecule has 0 aliphatic heterocycles. The summed E-state index contributed by atoms with van der Waals surface area (Å²) in [4.78, 5) is 0. The molecule has 15 heavy (non-hydrogen) atoms. The monoisotopic (exact) mass is 208 g/mol. The van der Waals surface area contributed by atoms with Crippen molar-refractivity contribution in [3.63, 3.8) is 0 Å². The number of ether oxygens (including phenoxy) is 1. The molecule has 0 saturated carbocycles. The van der Waals surface area contributed by atoms with Gasteiger partial charge in [-0.1, -0.05) is 24.8 Å². The van der Waals surface area contributed by atoms with Gasteiger partial charge in [0, 0.05) is 5.92 Å². The average molecular weight is 208 g/mol. The van der Waals surface area contributed by atoms with Gasteiger partial charge in [0.25, 0.3) is 0 Å². The maximum absolute atomic E-state index is 9.03. The molecule has 0 saturated heterocycles. The predicted octanol–water partition coefficient (Wildman–Crippen LogP) is 1.32. The lowest BCUT2D eigenvalue weighted by Gasteiger charge is -2.12. The van der Waals surface area contributed by atoms with Gasteiger partial charge >= 0.3 is 0 Å². The second-order valence-electron chi connectivity index (χ2n) is 3.23. The lowest BCUT2D eigenvalue weighted by Crippen LogP contribution is -2.08. The van der Waals surface area contributed by atoms with Gasteiger partial charge < -0.3 is 14.9 Å². The highest BCUT2D eigenvalue weighted by molar-refractivity contribution is 5.31. The van der Waals surface area contributed by atoms with Crippen LogP contribution in [0.2, 0.25) is 0 Å². The molecule has 1 aromatic carbocycles. The molecule has 82 valence electrons. The van der Waals surface area contributed by atoms with Gasteiger partial charge in [-0.25, -0.2) is 0 Å². The molecule has 0 aliphatic carbocycles. The fraction of sp³-hybridized carbons (Fsp3) is 0.333. The number of rotatable bonds is 6. The molecule has 0 aliphatic rings. The summed E-state index contributed by atoms with van der Waals surface area (Å²) in [6.45, 7) is 3.88. The van der Waals surface area contributed by atoms with E-state index in [9.17, 15) is 0 Å². The Morgan fingerprint density at radius 1 is 1.33 bits per heavy atom. The maximum atomic E-state index is 9.03. The molecular weight excluding hydrogens is 192 g/mol. The van der Waals surface area contributed by atoms with Crippen LogP contribution in [-0.4, -0.2) is 30.0 Å². The van der Waals surface area contributed by atoms with E-state index < -0.39 is 0 Å². The minimum absolute atomic E-state index is 0.0680. The van der Waals surface area contributed by atoms with Gasteiger partial charge in [-0.15, -0.1) is 0 Å². The summed E-state index contributed by atoms with van der Waals surface area (Å²) in [6.07, 6.45) is 1.67. The van der Waals surface area contributed by atoms with Crippen LogP contribution in [0.5, 0.6) is 5.75 Å². The van der Waals surface area contributed by atoms with Crippen LogP contribution in [-0.2, 0) is 0 Å². The fourth-order valence-electron chi connectivity index (χ4n) is 1.28. The minimum Gasteiger partial charge on any atom is -0.490 e. The lowest BCUT2D eigenvalue weighted by molar-refractivity contribution is 0.192. The molecule has 0 radical (unpaired) electrons. The molecule has 0 bridgehead atoms. The van der Waals surface area contributed by atoms with E-state index >= 15 is 0 Å². The Bertz CT molecular complexity index is 305. The van der Waals surface area contributed by atoms with Crippen molar-refractivity contribution in [3.8, 4) is 5.75 Å². The van der Waals surface area contributed by atoms with E-state index in [2.05, 4.69) is 6.58 Å². The van der Waals surface area contributed by atoms with E-state index in [1.165, 1.54) is 0 Å². The third-order valence-electron chi connectivity index (χ3n) is 2.14. The van der Waals surface area contributed by atoms with Crippen molar-refractivity contribution in [2.45, 2.75) is 5.92 Å². The molecule has 0 atom stereocenters. The van der Waals surface area contributed by atoms with E-state index in [0.717, 1.165) is 11.3 Å². The van der Waals surface area contributed by atoms with Crippen LogP contribution in [0.15, 0.2) is 36.9 Å². The molecule has 1 aromatic rings. The first-order chi connectivity index (χ1) is 7.31. The number of benzene rings is 1. The molecule has 0 amide bonds. The van der Waals surface area contributed by atoms with Crippen molar-refractivity contribution in [1.29, 1.82) is 0 Å². The van der Waals surface area contributed by atoms with Crippen LogP contribution in [0.3, 0.4) is 0 Å². The second-order valence-corrected chi connectivity index (χ2v) is 3.23. The molecule has 3 heteroatoms. The first-order valence-electron chi connectivity index (χ1n) is 4.87. The summed E-state index contributed by atoms with van der Waals surface area (Å²) in [5, 5.41) is 18.1. The van der Waals surface area contributed by atoms with Crippen LogP contribution >= 0.6 is 0 Å². The topological polar surface area (TPSA) is 49.7 Å². The van der Waals surface area contributed by atoms with E-state index in [1.54, 1.807) is 6.08 Å². The Labute approximate surface area is 89.6 Å². The van der Waals surface area contributed by atoms with Crippen molar-refractivity contribution < 1.29 is 14.9 Å². The van der Waals surface area contributed by atoms with E-state index in [1.807, 2.05) is 24.3 Å². The van der Waals surface area contributed by atoms with Crippen LogP contribution in [0.4, 0.5) is 0 Å². The van der Waals surface area contributed by atoms with E-state index in [0.29, 0.717) is 6.61 Å². The smallest absolute Gasteiger partial charge is 0.120 e. The van der Waals surface area contributed by atoms with Crippen molar-refractivity contribution in [2.75, 3.05) is 19.8 Å². The zero-order chi connectivity index (χ0) is 11.1. The molecule has 0 heterocycles. The average Bonchev–Trinajstić information content (AvgIpc) is 2.29. The third kappa shape index (κ3) is 3.38. The number of hydrogen-bond acceptors (Lipinski definition) is 3. The Hall–Kier alpha value is -1.32. The minimum atomic E-state index is -0.239. The van der Waals surface area contributed by atoms with Gasteiger partial charge in [-0.2, -0.15) is 0 Å². The normalized spacial score (nSPS) is 10.3. The Morgan fingerprint density at radius 2 is 2.07 bits per heavy atom. The van der Waals surface area contributed by atoms with E-state index in [-0.39, 0.29) is 19.1 Å². The second kappa shape index (κ2) is 6.22. The molecule has 2 N–H and O–H groups in total. The van der Waals surface area contributed by atoms with Crippen molar-refractivity contribution in [1.82, 2.24) is 0 Å². The van der Waals surface area contributed by atoms with Crippen LogP contribution in [0.25, 0.3) is 0 Å². The van der Waals surface area contributed by atoms with Gasteiger partial charge in [0.1, 0.15) is 12.4 Å². The number of aliphatic hydroxyl groups is 2. The highest BCUT2D eigenvalue weighted by Crippen LogP contribution is 2.20. The summed E-state index contributed by atoms with van der Waals surface area (Å²) in [6, 6.07) is 7.35. The van der Waals surface area contributed by atoms with Crippen LogP contribution in [0.1, 0.15) is 11.5 Å². The number of hydrogen-bond donors (Lipinski definition) is 2.